The first kappa shape index (κ1) is 15.6. The predicted molar refractivity (Wildman–Crippen MR) is 85.0 cm³/mol. The van der Waals surface area contributed by atoms with Crippen molar-refractivity contribution in [2.45, 2.75) is 19.1 Å². The average molecular weight is 315 g/mol. The summed E-state index contributed by atoms with van der Waals surface area (Å²) in [6, 6.07) is 10.3. The van der Waals surface area contributed by atoms with E-state index < -0.39 is 0 Å². The molecule has 1 aromatic carbocycles. The lowest BCUT2D eigenvalue weighted by Crippen LogP contribution is -2.48. The van der Waals surface area contributed by atoms with Crippen LogP contribution in [0.4, 0.5) is 0 Å². The maximum absolute atomic E-state index is 12.2. The number of carbonyl (C=O) groups is 1. The van der Waals surface area contributed by atoms with Crippen molar-refractivity contribution in [1.29, 1.82) is 0 Å². The number of ether oxygens (including phenoxy) is 1. The summed E-state index contributed by atoms with van der Waals surface area (Å²) in [6.45, 7) is 3.70. The average Bonchev–Trinajstić information content (AvgIpc) is 2.99. The van der Waals surface area contributed by atoms with Crippen molar-refractivity contribution >= 4 is 5.91 Å². The number of aromatic amines is 1. The number of nitrogens with one attached hydrogen (secondary N) is 2. The Morgan fingerprint density at radius 1 is 1.39 bits per heavy atom. The molecule has 2 aromatic rings. The zero-order chi connectivity index (χ0) is 16.2. The Morgan fingerprint density at radius 2 is 2.17 bits per heavy atom. The van der Waals surface area contributed by atoms with Crippen molar-refractivity contribution in [1.82, 2.24) is 25.6 Å². The number of amides is 1. The molecule has 0 unspecified atom stereocenters. The molecule has 2 atom stereocenters. The fraction of sp³-hybridized carbons (Fsp3) is 0.438. The van der Waals surface area contributed by atoms with E-state index in [1.807, 2.05) is 18.2 Å². The van der Waals surface area contributed by atoms with Crippen molar-refractivity contribution in [3.63, 3.8) is 0 Å². The van der Waals surface area contributed by atoms with Crippen LogP contribution >= 0.6 is 0 Å². The second kappa shape index (κ2) is 6.89. The van der Waals surface area contributed by atoms with Gasteiger partial charge in [0.1, 0.15) is 0 Å². The quantitative estimate of drug-likeness (QED) is 0.876. The number of benzene rings is 1. The van der Waals surface area contributed by atoms with Gasteiger partial charge in [-0.2, -0.15) is 15.4 Å². The Kier molecular flexibility index (Phi) is 4.68. The molecule has 7 nitrogen and oxygen atoms in total. The van der Waals surface area contributed by atoms with Gasteiger partial charge in [0.25, 0.3) is 5.91 Å². The van der Waals surface area contributed by atoms with Crippen LogP contribution in [0.1, 0.15) is 27.8 Å². The summed E-state index contributed by atoms with van der Waals surface area (Å²) in [5.41, 5.74) is 2.10. The smallest absolute Gasteiger partial charge is 0.273 e. The zero-order valence-electron chi connectivity index (χ0n) is 13.3. The highest BCUT2D eigenvalue weighted by Gasteiger charge is 2.31. The predicted octanol–water partition coefficient (Wildman–Crippen LogP) is 0.915. The minimum Gasteiger partial charge on any atom is -0.373 e. The van der Waals surface area contributed by atoms with Gasteiger partial charge in [0, 0.05) is 13.1 Å². The molecule has 23 heavy (non-hydrogen) atoms. The highest BCUT2D eigenvalue weighted by molar-refractivity contribution is 5.93. The van der Waals surface area contributed by atoms with E-state index in [4.69, 9.17) is 4.74 Å². The third-order valence-electron chi connectivity index (χ3n) is 4.15. The van der Waals surface area contributed by atoms with E-state index in [-0.39, 0.29) is 18.1 Å². The van der Waals surface area contributed by atoms with Crippen LogP contribution in [0.2, 0.25) is 0 Å². The normalized spacial score (nSPS) is 22.0. The topological polar surface area (TPSA) is 83.1 Å². The molecule has 2 heterocycles. The van der Waals surface area contributed by atoms with Gasteiger partial charge in [-0.3, -0.25) is 9.69 Å². The summed E-state index contributed by atoms with van der Waals surface area (Å²) >= 11 is 0. The number of aromatic nitrogens is 3. The molecule has 2 N–H and O–H groups in total. The van der Waals surface area contributed by atoms with Crippen LogP contribution in [0.5, 0.6) is 0 Å². The summed E-state index contributed by atoms with van der Waals surface area (Å²) in [5, 5.41) is 13.1. The Bertz CT molecular complexity index is 658. The van der Waals surface area contributed by atoms with Crippen molar-refractivity contribution in [2.75, 3.05) is 26.7 Å². The van der Waals surface area contributed by atoms with Gasteiger partial charge in [0.15, 0.2) is 5.69 Å². The third-order valence-corrected chi connectivity index (χ3v) is 4.15. The summed E-state index contributed by atoms with van der Waals surface area (Å²) in [4.78, 5) is 14.5. The number of carbonyl (C=O) groups excluding carboxylic acids is 1. The molecule has 0 spiro atoms. The second-order valence-electron chi connectivity index (χ2n) is 5.71. The summed E-state index contributed by atoms with van der Waals surface area (Å²) in [7, 11) is 2.08. The Balaban J connectivity index is 1.70. The van der Waals surface area contributed by atoms with Crippen molar-refractivity contribution < 1.29 is 9.53 Å². The fourth-order valence-electron chi connectivity index (χ4n) is 2.93. The van der Waals surface area contributed by atoms with Gasteiger partial charge in [-0.1, -0.05) is 30.3 Å². The van der Waals surface area contributed by atoms with Crippen LogP contribution in [-0.2, 0) is 4.74 Å². The zero-order valence-corrected chi connectivity index (χ0v) is 13.3. The standard InChI is InChI=1S/C16H21N5O2/c1-11-14(19-20-18-11)16(22)17-10-13-15(21(2)8-9-23-13)12-6-4-3-5-7-12/h3-7,13,15H,8-10H2,1-2H3,(H,17,22)(H,18,19,20)/t13-,15-/m0/s1. The van der Waals surface area contributed by atoms with E-state index in [0.717, 1.165) is 6.54 Å². The fourth-order valence-corrected chi connectivity index (χ4v) is 2.93. The van der Waals surface area contributed by atoms with Crippen LogP contribution in [-0.4, -0.2) is 59.1 Å². The van der Waals surface area contributed by atoms with Crippen LogP contribution in [0.15, 0.2) is 30.3 Å². The molecule has 0 radical (unpaired) electrons. The van der Waals surface area contributed by atoms with Crippen molar-refractivity contribution in [2.24, 2.45) is 0 Å². The molecular weight excluding hydrogens is 294 g/mol. The summed E-state index contributed by atoms with van der Waals surface area (Å²) < 4.78 is 5.91. The number of nitrogens with zero attached hydrogens (tertiary/aromatic N) is 3. The van der Waals surface area contributed by atoms with Gasteiger partial charge in [-0.25, -0.2) is 0 Å². The van der Waals surface area contributed by atoms with Gasteiger partial charge in [0.05, 0.1) is 24.4 Å². The number of hydrogen-bond acceptors (Lipinski definition) is 5. The lowest BCUT2D eigenvalue weighted by Gasteiger charge is -2.39. The third kappa shape index (κ3) is 3.40. The molecular formula is C16H21N5O2. The highest BCUT2D eigenvalue weighted by atomic mass is 16.5. The lowest BCUT2D eigenvalue weighted by atomic mass is 9.98. The van der Waals surface area contributed by atoms with E-state index in [1.165, 1.54) is 5.56 Å². The molecule has 1 aromatic heterocycles. The van der Waals surface area contributed by atoms with Gasteiger partial charge in [-0.05, 0) is 19.5 Å². The molecule has 0 aliphatic carbocycles. The van der Waals surface area contributed by atoms with Crippen LogP contribution < -0.4 is 5.32 Å². The Morgan fingerprint density at radius 3 is 2.87 bits per heavy atom. The molecule has 122 valence electrons. The van der Waals surface area contributed by atoms with Gasteiger partial charge >= 0.3 is 0 Å². The van der Waals surface area contributed by atoms with Crippen LogP contribution in [0, 0.1) is 6.92 Å². The minimum absolute atomic E-state index is 0.104. The Hall–Kier alpha value is -2.25. The monoisotopic (exact) mass is 315 g/mol. The Labute approximate surface area is 135 Å². The van der Waals surface area contributed by atoms with Crippen molar-refractivity contribution in [3.8, 4) is 0 Å². The molecule has 1 amide bonds. The molecule has 0 saturated carbocycles. The largest absolute Gasteiger partial charge is 0.373 e. The number of morpholine rings is 1. The maximum Gasteiger partial charge on any atom is 0.273 e. The summed E-state index contributed by atoms with van der Waals surface area (Å²) in [6.07, 6.45) is -0.104. The van der Waals surface area contributed by atoms with Crippen LogP contribution in [0.25, 0.3) is 0 Å². The van der Waals surface area contributed by atoms with E-state index in [9.17, 15) is 4.79 Å². The molecule has 3 rings (SSSR count). The molecule has 7 heteroatoms. The number of aryl methyl sites for hydroxylation is 1. The first-order valence-electron chi connectivity index (χ1n) is 7.69. The molecule has 1 aliphatic heterocycles. The van der Waals surface area contributed by atoms with E-state index in [1.54, 1.807) is 6.92 Å². The van der Waals surface area contributed by atoms with Crippen LogP contribution in [0.3, 0.4) is 0 Å². The van der Waals surface area contributed by atoms with E-state index in [0.29, 0.717) is 24.5 Å². The molecule has 1 fully saturated rings. The number of H-pyrrole nitrogens is 1. The number of hydrogen-bond donors (Lipinski definition) is 2. The molecule has 1 saturated heterocycles. The second-order valence-corrected chi connectivity index (χ2v) is 5.71. The maximum atomic E-state index is 12.2. The first-order valence-corrected chi connectivity index (χ1v) is 7.69. The highest BCUT2D eigenvalue weighted by Crippen LogP contribution is 2.27. The first-order chi connectivity index (χ1) is 11.2. The molecule has 0 bridgehead atoms. The minimum atomic E-state index is -0.236. The van der Waals surface area contributed by atoms with Gasteiger partial charge in [-0.15, -0.1) is 0 Å². The van der Waals surface area contributed by atoms with E-state index >= 15 is 0 Å². The number of rotatable bonds is 4. The van der Waals surface area contributed by atoms with E-state index in [2.05, 4.69) is 44.8 Å². The lowest BCUT2D eigenvalue weighted by molar-refractivity contribution is -0.0605. The summed E-state index contributed by atoms with van der Waals surface area (Å²) in [5.74, 6) is -0.236. The SMILES string of the molecule is Cc1n[nH]nc1C(=O)NC[C@@H]1OCCN(C)[C@H]1c1ccccc1. The van der Waals surface area contributed by atoms with Gasteiger partial charge < -0.3 is 10.1 Å². The van der Waals surface area contributed by atoms with Gasteiger partial charge in [0.2, 0.25) is 0 Å². The number of likely N-dealkylation sites (N-methyl/N-ethyl adjacent to an activating group) is 1. The van der Waals surface area contributed by atoms with Crippen molar-refractivity contribution in [3.05, 3.63) is 47.3 Å². The molecule has 1 aliphatic rings.